The van der Waals surface area contributed by atoms with E-state index in [0.29, 0.717) is 0 Å². The van der Waals surface area contributed by atoms with E-state index in [4.69, 9.17) is 10.3 Å². The summed E-state index contributed by atoms with van der Waals surface area (Å²) >= 11 is 0. The number of phosphoric acid groups is 1. The lowest BCUT2D eigenvalue weighted by atomic mass is 9.88. The molecule has 6 nitrogen and oxygen atoms in total. The third-order valence-corrected chi connectivity index (χ3v) is 8.18. The molecular formula is C24H47NO5P2. The summed E-state index contributed by atoms with van der Waals surface area (Å²) in [7, 11) is -5.09. The maximum atomic E-state index is 11.7. The van der Waals surface area contributed by atoms with Gasteiger partial charge in [0, 0.05) is 5.28 Å². The van der Waals surface area contributed by atoms with Crippen molar-refractivity contribution in [1.29, 1.82) is 0 Å². The lowest BCUT2D eigenvalue weighted by Crippen LogP contribution is -2.44. The van der Waals surface area contributed by atoms with Gasteiger partial charge in [-0.3, -0.25) is 4.52 Å². The molecule has 8 heteroatoms. The summed E-state index contributed by atoms with van der Waals surface area (Å²) in [4.78, 5) is 19.0. The van der Waals surface area contributed by atoms with E-state index in [1.54, 1.807) is 19.1 Å². The number of nitrogens with two attached hydrogens (primary N) is 1. The maximum Gasteiger partial charge on any atom is 0.471 e. The smallest absolute Gasteiger partial charge is 0.462 e. The highest BCUT2D eigenvalue weighted by molar-refractivity contribution is 7.48. The molecule has 5 N–H and O–H groups in total. The number of hydrogen-bond donors (Lipinski definition) is 4. The number of aliphatic hydroxyl groups is 1. The van der Waals surface area contributed by atoms with Crippen molar-refractivity contribution in [1.82, 2.24) is 0 Å². The van der Waals surface area contributed by atoms with Gasteiger partial charge in [0.15, 0.2) is 5.34 Å². The fourth-order valence-electron chi connectivity index (χ4n) is 4.11. The van der Waals surface area contributed by atoms with Crippen molar-refractivity contribution in [2.24, 2.45) is 11.7 Å². The third-order valence-electron chi connectivity index (χ3n) is 5.77. The molecule has 0 rings (SSSR count). The van der Waals surface area contributed by atoms with Crippen molar-refractivity contribution in [3.05, 3.63) is 12.2 Å². The predicted molar refractivity (Wildman–Crippen MR) is 136 cm³/mol. The molecule has 0 saturated carbocycles. The molecule has 0 bridgehead atoms. The summed E-state index contributed by atoms with van der Waals surface area (Å²) in [5.74, 6) is 2.66. The van der Waals surface area contributed by atoms with Crippen LogP contribution in [-0.4, -0.2) is 25.5 Å². The Hall–Kier alpha value is -0.400. The first-order valence-corrected chi connectivity index (χ1v) is 14.7. The van der Waals surface area contributed by atoms with Gasteiger partial charge >= 0.3 is 7.82 Å². The van der Waals surface area contributed by atoms with Crippen molar-refractivity contribution in [3.8, 4) is 12.0 Å². The number of phosphoric ester groups is 1. The minimum atomic E-state index is -4.85. The summed E-state index contributed by atoms with van der Waals surface area (Å²) in [6.45, 7) is 8.06. The Balaban J connectivity index is 5.45. The number of unbranched alkanes of at least 4 members (excludes halogenated alkanes) is 9. The molecule has 0 spiro atoms. The molecular weight excluding hydrogens is 444 g/mol. The van der Waals surface area contributed by atoms with Crippen LogP contribution in [0.2, 0.25) is 0 Å². The topological polar surface area (TPSA) is 113 Å². The molecule has 0 aliphatic rings. The maximum absolute atomic E-state index is 11.7. The molecule has 0 aliphatic heterocycles. The van der Waals surface area contributed by atoms with Gasteiger partial charge in [-0.2, -0.15) is 0 Å². The fourth-order valence-corrected chi connectivity index (χ4v) is 6.79. The molecule has 0 fully saturated rings. The summed E-state index contributed by atoms with van der Waals surface area (Å²) < 4.78 is 16.8. The van der Waals surface area contributed by atoms with Gasteiger partial charge in [0.1, 0.15) is 6.11 Å². The zero-order chi connectivity index (χ0) is 24.5. The van der Waals surface area contributed by atoms with Crippen LogP contribution in [0.1, 0.15) is 111 Å². The Morgan fingerprint density at radius 3 is 1.88 bits per heavy atom. The molecule has 0 radical (unpaired) electrons. The summed E-state index contributed by atoms with van der Waals surface area (Å²) in [6.07, 6.45) is 19.9. The average Bonchev–Trinajstić information content (AvgIpc) is 2.67. The Morgan fingerprint density at radius 1 is 1.00 bits per heavy atom. The SMILES string of the molecule is CC=CC(C#CO)(OP(=O)(O)O)PC(C)(N)C(CCCCCCC)CCCCCCCC. The van der Waals surface area contributed by atoms with Gasteiger partial charge < -0.3 is 20.6 Å². The highest BCUT2D eigenvalue weighted by atomic mass is 31.2. The van der Waals surface area contributed by atoms with Crippen molar-refractivity contribution >= 4 is 16.4 Å². The first kappa shape index (κ1) is 31.6. The van der Waals surface area contributed by atoms with E-state index in [2.05, 4.69) is 19.8 Å². The highest BCUT2D eigenvalue weighted by Gasteiger charge is 2.42. The van der Waals surface area contributed by atoms with Gasteiger partial charge in [0.2, 0.25) is 0 Å². The molecule has 0 aliphatic carbocycles. The summed E-state index contributed by atoms with van der Waals surface area (Å²) in [6, 6.07) is 0. The van der Waals surface area contributed by atoms with Crippen LogP contribution in [0, 0.1) is 17.9 Å². The molecule has 0 heterocycles. The summed E-state index contributed by atoms with van der Waals surface area (Å²) in [5.41, 5.74) is 6.83. The molecule has 0 saturated heterocycles. The van der Waals surface area contributed by atoms with Crippen LogP contribution in [0.3, 0.4) is 0 Å². The number of allylic oxidation sites excluding steroid dienone is 1. The van der Waals surface area contributed by atoms with Crippen LogP contribution in [0.15, 0.2) is 12.2 Å². The highest BCUT2D eigenvalue weighted by Crippen LogP contribution is 2.54. The lowest BCUT2D eigenvalue weighted by Gasteiger charge is -2.40. The number of rotatable bonds is 19. The normalized spacial score (nSPS) is 17.2. The van der Waals surface area contributed by atoms with Crippen molar-refractivity contribution in [3.63, 3.8) is 0 Å². The predicted octanol–water partition coefficient (Wildman–Crippen LogP) is 6.78. The van der Waals surface area contributed by atoms with Gasteiger partial charge in [-0.1, -0.05) is 90.6 Å². The minimum absolute atomic E-state index is 0.180. The first-order valence-electron chi connectivity index (χ1n) is 12.2. The molecule has 32 heavy (non-hydrogen) atoms. The molecule has 188 valence electrons. The molecule has 0 amide bonds. The monoisotopic (exact) mass is 491 g/mol. The second kappa shape index (κ2) is 17.1. The molecule has 0 aromatic heterocycles. The average molecular weight is 492 g/mol. The molecule has 4 atom stereocenters. The Morgan fingerprint density at radius 2 is 1.47 bits per heavy atom. The first-order chi connectivity index (χ1) is 15.1. The Bertz CT molecular complexity index is 624. The van der Waals surface area contributed by atoms with Crippen LogP contribution in [0.5, 0.6) is 0 Å². The van der Waals surface area contributed by atoms with Crippen molar-refractivity contribution in [2.45, 2.75) is 122 Å². The zero-order valence-corrected chi connectivity index (χ0v) is 22.5. The number of hydrogen-bond acceptors (Lipinski definition) is 4. The van der Waals surface area contributed by atoms with Gasteiger partial charge in [-0.15, -0.1) is 0 Å². The van der Waals surface area contributed by atoms with Crippen molar-refractivity contribution in [2.75, 3.05) is 0 Å². The van der Waals surface area contributed by atoms with E-state index in [0.717, 1.165) is 32.1 Å². The molecule has 0 aromatic rings. The van der Waals surface area contributed by atoms with Gasteiger partial charge in [0.25, 0.3) is 0 Å². The van der Waals surface area contributed by atoms with Gasteiger partial charge in [0.05, 0.1) is 0 Å². The minimum Gasteiger partial charge on any atom is -0.462 e. The van der Waals surface area contributed by atoms with E-state index in [1.165, 1.54) is 57.4 Å². The summed E-state index contributed by atoms with van der Waals surface area (Å²) in [5, 5.41) is 6.90. The van der Waals surface area contributed by atoms with E-state index in [1.807, 2.05) is 6.92 Å². The zero-order valence-electron chi connectivity index (χ0n) is 20.6. The van der Waals surface area contributed by atoms with Gasteiger partial charge in [-0.05, 0) is 53.2 Å². The molecule has 4 unspecified atom stereocenters. The van der Waals surface area contributed by atoms with Crippen molar-refractivity contribution < 1.29 is 24.0 Å². The third kappa shape index (κ3) is 14.7. The fraction of sp³-hybridized carbons (Fsp3) is 0.833. The largest absolute Gasteiger partial charge is 0.471 e. The standard InChI is InChI=1S/C24H47NO5P2/c1-5-8-10-12-14-16-18-22(17-15-13-11-9-6-2)23(4,25)31-24(19-7-3,20-21-26)30-32(27,28)29/h7,19,22,26,31H,5-6,8-18,25H2,1-4H3,(H2,27,28,29). The molecule has 0 aromatic carbocycles. The second-order valence-corrected chi connectivity index (χ2v) is 12.2. The van der Waals surface area contributed by atoms with Crippen LogP contribution >= 0.6 is 16.4 Å². The van der Waals surface area contributed by atoms with E-state index >= 15 is 0 Å². The second-order valence-electron chi connectivity index (χ2n) is 8.92. The Labute approximate surface area is 198 Å². The van der Waals surface area contributed by atoms with Crippen LogP contribution in [-0.2, 0) is 9.09 Å². The lowest BCUT2D eigenvalue weighted by molar-refractivity contribution is 0.167. The van der Waals surface area contributed by atoms with Gasteiger partial charge in [-0.25, -0.2) is 4.57 Å². The van der Waals surface area contributed by atoms with Crippen LogP contribution in [0.25, 0.3) is 0 Å². The van der Waals surface area contributed by atoms with E-state index in [-0.39, 0.29) is 14.5 Å². The quantitative estimate of drug-likeness (QED) is 0.0685. The van der Waals surface area contributed by atoms with Crippen LogP contribution < -0.4 is 5.73 Å². The van der Waals surface area contributed by atoms with E-state index < -0.39 is 18.4 Å². The van der Waals surface area contributed by atoms with E-state index in [9.17, 15) is 19.5 Å². The number of aliphatic hydroxyl groups excluding tert-OH is 1. The van der Waals surface area contributed by atoms with Crippen LogP contribution in [0.4, 0.5) is 0 Å². The Kier molecular flexibility index (Phi) is 16.9.